The van der Waals surface area contributed by atoms with Crippen LogP contribution in [-0.4, -0.2) is 51.6 Å². The van der Waals surface area contributed by atoms with Gasteiger partial charge < -0.3 is 24.3 Å². The molecule has 1 saturated heterocycles. The third kappa shape index (κ3) is 5.28. The quantitative estimate of drug-likeness (QED) is 0.409. The van der Waals surface area contributed by atoms with Gasteiger partial charge in [-0.15, -0.1) is 0 Å². The lowest BCUT2D eigenvalue weighted by atomic mass is 9.89. The molecule has 1 aromatic heterocycles. The highest BCUT2D eigenvalue weighted by Gasteiger charge is 2.53. The zero-order chi connectivity index (χ0) is 30.3. The summed E-state index contributed by atoms with van der Waals surface area (Å²) in [6.07, 6.45) is 3.37. The molecule has 3 aromatic rings. The van der Waals surface area contributed by atoms with Gasteiger partial charge in [0, 0.05) is 43.4 Å². The first-order chi connectivity index (χ1) is 20.7. The number of pyridine rings is 1. The molecule has 3 aliphatic heterocycles. The normalized spacial score (nSPS) is 22.6. The number of carbonyl (C=O) groups excluding carboxylic acids is 2. The van der Waals surface area contributed by atoms with Crippen molar-refractivity contribution in [2.75, 3.05) is 13.7 Å². The minimum Gasteiger partial charge on any atom is -0.484 e. The second-order valence-electron chi connectivity index (χ2n) is 11.0. The van der Waals surface area contributed by atoms with Crippen molar-refractivity contribution in [1.82, 2.24) is 14.8 Å². The molecule has 0 aliphatic carbocycles. The van der Waals surface area contributed by atoms with Gasteiger partial charge in [0.15, 0.2) is 17.3 Å². The molecule has 1 fully saturated rings. The van der Waals surface area contributed by atoms with E-state index in [4.69, 9.17) is 9.47 Å². The first-order valence-corrected chi connectivity index (χ1v) is 14.8. The summed E-state index contributed by atoms with van der Waals surface area (Å²) in [5.74, 6) is -2.31. The van der Waals surface area contributed by atoms with E-state index in [1.165, 1.54) is 24.2 Å². The SMILES string of the molecule is COC1=NS[C@]2(CC[C@H](C)N3C[C@H]2n2cc(C(=O)NCc4ccc(F)cc4F)c(=O)c(OCc4ccccc4)c2C3=O)C1. The van der Waals surface area contributed by atoms with Crippen LogP contribution in [0.4, 0.5) is 8.78 Å². The number of carbonyl (C=O) groups is 2. The molecule has 224 valence electrons. The first kappa shape index (κ1) is 28.9. The molecule has 0 unspecified atom stereocenters. The molecular weight excluding hydrogens is 578 g/mol. The number of methoxy groups -OCH3 is 1. The molecule has 0 saturated carbocycles. The summed E-state index contributed by atoms with van der Waals surface area (Å²) in [7, 11) is 1.57. The second kappa shape index (κ2) is 11.5. The topological polar surface area (TPSA) is 102 Å². The zero-order valence-corrected chi connectivity index (χ0v) is 24.5. The number of amides is 2. The average molecular weight is 609 g/mol. The molecule has 6 rings (SSSR count). The Morgan fingerprint density at radius 1 is 1.19 bits per heavy atom. The smallest absolute Gasteiger partial charge is 0.274 e. The molecule has 2 aromatic carbocycles. The van der Waals surface area contributed by atoms with E-state index in [-0.39, 0.29) is 53.7 Å². The molecule has 1 spiro atoms. The zero-order valence-electron chi connectivity index (χ0n) is 23.6. The maximum atomic E-state index is 14.3. The van der Waals surface area contributed by atoms with Crippen LogP contribution in [0, 0.1) is 11.6 Å². The van der Waals surface area contributed by atoms with Crippen LogP contribution in [0.25, 0.3) is 0 Å². The fraction of sp³-hybridized carbons (Fsp3) is 0.355. The fourth-order valence-corrected chi connectivity index (χ4v) is 7.11. The molecular formula is C31H30F2N4O5S. The van der Waals surface area contributed by atoms with Crippen LogP contribution in [0.15, 0.2) is 63.9 Å². The first-order valence-electron chi connectivity index (χ1n) is 14.0. The van der Waals surface area contributed by atoms with E-state index < -0.39 is 27.7 Å². The molecule has 2 amide bonds. The highest BCUT2D eigenvalue weighted by Crippen LogP contribution is 2.52. The van der Waals surface area contributed by atoms with Gasteiger partial charge in [-0.1, -0.05) is 36.4 Å². The van der Waals surface area contributed by atoms with Gasteiger partial charge in [0.05, 0.1) is 17.9 Å². The minimum atomic E-state index is -0.818. The largest absolute Gasteiger partial charge is 0.484 e. The summed E-state index contributed by atoms with van der Waals surface area (Å²) >= 11 is 1.40. The van der Waals surface area contributed by atoms with Crippen LogP contribution < -0.4 is 15.5 Å². The third-order valence-electron chi connectivity index (χ3n) is 8.43. The lowest BCUT2D eigenvalue weighted by Gasteiger charge is -2.42. The van der Waals surface area contributed by atoms with Crippen molar-refractivity contribution in [3.63, 3.8) is 0 Å². The molecule has 4 heterocycles. The van der Waals surface area contributed by atoms with E-state index in [1.807, 2.05) is 37.3 Å². The second-order valence-corrected chi connectivity index (χ2v) is 12.2. The summed E-state index contributed by atoms with van der Waals surface area (Å²) in [6.45, 7) is 2.07. The van der Waals surface area contributed by atoms with Crippen LogP contribution in [-0.2, 0) is 17.9 Å². The highest BCUT2D eigenvalue weighted by atomic mass is 32.2. The van der Waals surface area contributed by atoms with Crippen molar-refractivity contribution in [3.8, 4) is 5.75 Å². The van der Waals surface area contributed by atoms with Gasteiger partial charge in [-0.25, -0.2) is 8.78 Å². The molecule has 9 nitrogen and oxygen atoms in total. The minimum absolute atomic E-state index is 0.000724. The van der Waals surface area contributed by atoms with Crippen molar-refractivity contribution in [2.45, 2.75) is 56.2 Å². The summed E-state index contributed by atoms with van der Waals surface area (Å²) in [5.41, 5.74) is -0.0843. The number of hydrogen-bond donors (Lipinski definition) is 1. The Hall–Kier alpha value is -4.19. The maximum absolute atomic E-state index is 14.3. The molecule has 12 heteroatoms. The molecule has 43 heavy (non-hydrogen) atoms. The standard InChI is InChI=1S/C31H30F2N4O5S/c1-18-10-11-31(13-25(41-2)35-43-31)24-16-36(18)30(40)26-28(42-17-19-6-4-3-5-7-19)27(38)22(15-37(24)26)29(39)34-14-20-8-9-21(32)12-23(20)33/h3-9,12,15,18,24H,10-11,13-14,16-17H2,1-2H3,(H,34,39)/t18-,24+,31+/m0/s1. The Balaban J connectivity index is 1.45. The van der Waals surface area contributed by atoms with Crippen LogP contribution in [0.2, 0.25) is 0 Å². The summed E-state index contributed by atoms with van der Waals surface area (Å²) in [4.78, 5) is 43.2. The predicted octanol–water partition coefficient (Wildman–Crippen LogP) is 4.65. The Bertz CT molecular complexity index is 1680. The number of rotatable bonds is 6. The van der Waals surface area contributed by atoms with Crippen molar-refractivity contribution >= 4 is 29.7 Å². The van der Waals surface area contributed by atoms with Gasteiger partial charge in [-0.3, -0.25) is 14.4 Å². The number of nitrogens with zero attached hydrogens (tertiary/aromatic N) is 3. The van der Waals surface area contributed by atoms with Gasteiger partial charge in [-0.05, 0) is 43.3 Å². The Morgan fingerprint density at radius 2 is 1.98 bits per heavy atom. The highest BCUT2D eigenvalue weighted by molar-refractivity contribution is 8.00. The molecule has 3 atom stereocenters. The van der Waals surface area contributed by atoms with Gasteiger partial charge >= 0.3 is 0 Å². The van der Waals surface area contributed by atoms with E-state index in [2.05, 4.69) is 9.71 Å². The van der Waals surface area contributed by atoms with Crippen molar-refractivity contribution < 1.29 is 27.8 Å². The predicted molar refractivity (Wildman–Crippen MR) is 157 cm³/mol. The van der Waals surface area contributed by atoms with Gasteiger partial charge in [0.25, 0.3) is 11.8 Å². The monoisotopic (exact) mass is 608 g/mol. The third-order valence-corrected chi connectivity index (χ3v) is 9.71. The number of benzene rings is 2. The maximum Gasteiger partial charge on any atom is 0.274 e. The molecule has 3 aliphatic rings. The van der Waals surface area contributed by atoms with Crippen molar-refractivity contribution in [1.29, 1.82) is 0 Å². The number of aromatic nitrogens is 1. The lowest BCUT2D eigenvalue weighted by molar-refractivity contribution is 0.0592. The Labute approximate surface area is 251 Å². The number of fused-ring (bicyclic) bond motifs is 5. The van der Waals surface area contributed by atoms with Gasteiger partial charge in [0.2, 0.25) is 5.43 Å². The molecule has 0 radical (unpaired) electrons. The van der Waals surface area contributed by atoms with Gasteiger partial charge in [0.1, 0.15) is 23.8 Å². The van der Waals surface area contributed by atoms with E-state index in [1.54, 1.807) is 16.6 Å². The van der Waals surface area contributed by atoms with Crippen LogP contribution in [0.3, 0.4) is 0 Å². The van der Waals surface area contributed by atoms with Crippen LogP contribution in [0.5, 0.6) is 5.75 Å². The van der Waals surface area contributed by atoms with Gasteiger partial charge in [-0.2, -0.15) is 4.40 Å². The summed E-state index contributed by atoms with van der Waals surface area (Å²) in [6, 6.07) is 11.8. The van der Waals surface area contributed by atoms with E-state index >= 15 is 0 Å². The fourth-order valence-electron chi connectivity index (χ4n) is 5.98. The number of ether oxygens (including phenoxy) is 2. The summed E-state index contributed by atoms with van der Waals surface area (Å²) in [5, 5.41) is 2.57. The van der Waals surface area contributed by atoms with E-state index in [0.717, 1.165) is 30.5 Å². The van der Waals surface area contributed by atoms with E-state index in [0.29, 0.717) is 18.9 Å². The number of nitrogens with one attached hydrogen (secondary N) is 1. The molecule has 1 N–H and O–H groups in total. The Kier molecular flexibility index (Phi) is 7.72. The van der Waals surface area contributed by atoms with E-state index in [9.17, 15) is 23.2 Å². The summed E-state index contributed by atoms with van der Waals surface area (Å²) < 4.78 is 45.0. The number of halogens is 2. The average Bonchev–Trinajstić information content (AvgIpc) is 3.38. The van der Waals surface area contributed by atoms with Crippen molar-refractivity contribution in [3.05, 3.63) is 99.0 Å². The van der Waals surface area contributed by atoms with Crippen molar-refractivity contribution in [2.24, 2.45) is 4.40 Å². The number of hydrogen-bond acceptors (Lipinski definition) is 7. The molecule has 2 bridgehead atoms. The van der Waals surface area contributed by atoms with Crippen LogP contribution >= 0.6 is 11.9 Å². The van der Waals surface area contributed by atoms with Crippen LogP contribution in [0.1, 0.15) is 64.2 Å². The Morgan fingerprint density at radius 3 is 2.70 bits per heavy atom. The lowest BCUT2D eigenvalue weighted by Crippen LogP contribution is -2.51.